The number of aliphatic hydroxyl groups excluding tert-OH is 1. The van der Waals surface area contributed by atoms with Gasteiger partial charge in [-0.3, -0.25) is 0 Å². The number of hydrogen-bond donors (Lipinski definition) is 1. The van der Waals surface area contributed by atoms with Crippen molar-refractivity contribution in [1.29, 1.82) is 0 Å². The molecule has 0 aromatic carbocycles. The molecule has 0 aromatic rings. The fourth-order valence-electron chi connectivity index (χ4n) is 1.29. The quantitative estimate of drug-likeness (QED) is 0.690. The molecular formula is C11H24O. The molecule has 1 atom stereocenters. The lowest BCUT2D eigenvalue weighted by molar-refractivity contribution is 0.0399. The van der Waals surface area contributed by atoms with Crippen LogP contribution in [0.4, 0.5) is 0 Å². The van der Waals surface area contributed by atoms with E-state index in [-0.39, 0.29) is 11.5 Å². The minimum absolute atomic E-state index is 0.0442. The SMILES string of the molecule is CCC(CC)CC(O)C(C)(C)C. The van der Waals surface area contributed by atoms with Gasteiger partial charge in [0.25, 0.3) is 0 Å². The smallest absolute Gasteiger partial charge is 0.0591 e. The predicted octanol–water partition coefficient (Wildman–Crippen LogP) is 3.22. The van der Waals surface area contributed by atoms with Gasteiger partial charge in [0.1, 0.15) is 0 Å². The van der Waals surface area contributed by atoms with E-state index in [1.165, 1.54) is 12.8 Å². The molecule has 0 amide bonds. The topological polar surface area (TPSA) is 20.2 Å². The lowest BCUT2D eigenvalue weighted by Crippen LogP contribution is -2.28. The van der Waals surface area contributed by atoms with Crippen LogP contribution >= 0.6 is 0 Å². The van der Waals surface area contributed by atoms with Crippen molar-refractivity contribution in [3.63, 3.8) is 0 Å². The van der Waals surface area contributed by atoms with Gasteiger partial charge in [-0.25, -0.2) is 0 Å². The van der Waals surface area contributed by atoms with Crippen molar-refractivity contribution in [2.24, 2.45) is 11.3 Å². The first-order chi connectivity index (χ1) is 5.41. The monoisotopic (exact) mass is 172 g/mol. The number of aliphatic hydroxyl groups is 1. The van der Waals surface area contributed by atoms with Gasteiger partial charge in [0, 0.05) is 0 Å². The van der Waals surface area contributed by atoms with Gasteiger partial charge in [0.05, 0.1) is 6.10 Å². The van der Waals surface area contributed by atoms with Crippen LogP contribution in [0.5, 0.6) is 0 Å². The largest absolute Gasteiger partial charge is 0.393 e. The Morgan fingerprint density at radius 2 is 1.50 bits per heavy atom. The Kier molecular flexibility index (Phi) is 4.84. The molecule has 0 aromatic heterocycles. The highest BCUT2D eigenvalue weighted by molar-refractivity contribution is 4.75. The average Bonchev–Trinajstić information content (AvgIpc) is 1.97. The minimum atomic E-state index is -0.151. The Morgan fingerprint density at radius 1 is 1.08 bits per heavy atom. The highest BCUT2D eigenvalue weighted by Crippen LogP contribution is 2.26. The van der Waals surface area contributed by atoms with E-state index >= 15 is 0 Å². The Labute approximate surface area is 77.2 Å². The standard InChI is InChI=1S/C11H24O/c1-6-9(7-2)8-10(12)11(3,4)5/h9-10,12H,6-8H2,1-5H3. The maximum absolute atomic E-state index is 9.82. The van der Waals surface area contributed by atoms with Crippen LogP contribution in [-0.4, -0.2) is 11.2 Å². The van der Waals surface area contributed by atoms with Crippen LogP contribution in [0.1, 0.15) is 53.9 Å². The molecule has 0 spiro atoms. The van der Waals surface area contributed by atoms with Crippen LogP contribution < -0.4 is 0 Å². The van der Waals surface area contributed by atoms with E-state index in [0.29, 0.717) is 5.92 Å². The summed E-state index contributed by atoms with van der Waals surface area (Å²) in [4.78, 5) is 0. The van der Waals surface area contributed by atoms with Gasteiger partial charge in [-0.1, -0.05) is 47.5 Å². The van der Waals surface area contributed by atoms with Crippen LogP contribution in [0.3, 0.4) is 0 Å². The molecule has 0 fully saturated rings. The second-order valence-corrected chi connectivity index (χ2v) is 4.80. The van der Waals surface area contributed by atoms with Crippen molar-refractivity contribution >= 4 is 0 Å². The summed E-state index contributed by atoms with van der Waals surface area (Å²) in [6.45, 7) is 10.7. The van der Waals surface area contributed by atoms with Crippen molar-refractivity contribution < 1.29 is 5.11 Å². The van der Waals surface area contributed by atoms with Crippen molar-refractivity contribution in [3.8, 4) is 0 Å². The Bertz CT molecular complexity index is 109. The molecule has 0 radical (unpaired) electrons. The predicted molar refractivity (Wildman–Crippen MR) is 54.2 cm³/mol. The third-order valence-electron chi connectivity index (χ3n) is 2.71. The van der Waals surface area contributed by atoms with E-state index in [1.807, 2.05) is 0 Å². The van der Waals surface area contributed by atoms with Crippen LogP contribution in [-0.2, 0) is 0 Å². The molecule has 0 aliphatic heterocycles. The van der Waals surface area contributed by atoms with Gasteiger partial charge >= 0.3 is 0 Å². The summed E-state index contributed by atoms with van der Waals surface area (Å²) in [5.74, 6) is 0.694. The molecule has 1 unspecified atom stereocenters. The third-order valence-corrected chi connectivity index (χ3v) is 2.71. The lowest BCUT2D eigenvalue weighted by Gasteiger charge is -2.28. The normalized spacial score (nSPS) is 15.2. The first-order valence-corrected chi connectivity index (χ1v) is 5.09. The van der Waals surface area contributed by atoms with E-state index in [2.05, 4.69) is 34.6 Å². The summed E-state index contributed by atoms with van der Waals surface area (Å²) in [7, 11) is 0. The molecule has 1 heteroatoms. The molecule has 1 nitrogen and oxygen atoms in total. The first-order valence-electron chi connectivity index (χ1n) is 5.09. The summed E-state index contributed by atoms with van der Waals surface area (Å²) in [5.41, 5.74) is 0.0442. The van der Waals surface area contributed by atoms with Crippen molar-refractivity contribution in [1.82, 2.24) is 0 Å². The van der Waals surface area contributed by atoms with Gasteiger partial charge < -0.3 is 5.11 Å². The van der Waals surface area contributed by atoms with E-state index in [9.17, 15) is 5.11 Å². The maximum atomic E-state index is 9.82. The summed E-state index contributed by atoms with van der Waals surface area (Å²) in [6, 6.07) is 0. The second kappa shape index (κ2) is 4.86. The highest BCUT2D eigenvalue weighted by Gasteiger charge is 2.23. The molecule has 0 aliphatic carbocycles. The average molecular weight is 172 g/mol. The zero-order valence-corrected chi connectivity index (χ0v) is 9.22. The highest BCUT2D eigenvalue weighted by atomic mass is 16.3. The van der Waals surface area contributed by atoms with Gasteiger partial charge in [-0.2, -0.15) is 0 Å². The fraction of sp³-hybridized carbons (Fsp3) is 1.00. The van der Waals surface area contributed by atoms with Crippen molar-refractivity contribution in [2.45, 2.75) is 60.0 Å². The van der Waals surface area contributed by atoms with Crippen LogP contribution in [0.2, 0.25) is 0 Å². The molecule has 74 valence electrons. The third kappa shape index (κ3) is 4.10. The second-order valence-electron chi connectivity index (χ2n) is 4.80. The van der Waals surface area contributed by atoms with Crippen LogP contribution in [0.15, 0.2) is 0 Å². The molecule has 0 saturated carbocycles. The Hall–Kier alpha value is -0.0400. The van der Waals surface area contributed by atoms with Crippen LogP contribution in [0, 0.1) is 11.3 Å². The van der Waals surface area contributed by atoms with Gasteiger partial charge in [0.15, 0.2) is 0 Å². The minimum Gasteiger partial charge on any atom is -0.393 e. The summed E-state index contributed by atoms with van der Waals surface area (Å²) in [5, 5.41) is 9.82. The maximum Gasteiger partial charge on any atom is 0.0591 e. The van der Waals surface area contributed by atoms with E-state index in [4.69, 9.17) is 0 Å². The summed E-state index contributed by atoms with van der Waals surface area (Å²) in [6.07, 6.45) is 3.17. The Balaban J connectivity index is 3.90. The van der Waals surface area contributed by atoms with Gasteiger partial charge in [0.2, 0.25) is 0 Å². The molecule has 0 heterocycles. The molecule has 0 rings (SSSR count). The van der Waals surface area contributed by atoms with E-state index in [0.717, 1.165) is 6.42 Å². The molecule has 0 aliphatic rings. The molecular weight excluding hydrogens is 148 g/mol. The molecule has 0 bridgehead atoms. The summed E-state index contributed by atoms with van der Waals surface area (Å²) < 4.78 is 0. The Morgan fingerprint density at radius 3 is 1.75 bits per heavy atom. The zero-order chi connectivity index (χ0) is 9.78. The molecule has 1 N–H and O–H groups in total. The van der Waals surface area contributed by atoms with Crippen molar-refractivity contribution in [3.05, 3.63) is 0 Å². The number of rotatable bonds is 4. The van der Waals surface area contributed by atoms with Gasteiger partial charge in [-0.15, -0.1) is 0 Å². The van der Waals surface area contributed by atoms with Crippen LogP contribution in [0.25, 0.3) is 0 Å². The van der Waals surface area contributed by atoms with E-state index in [1.54, 1.807) is 0 Å². The lowest BCUT2D eigenvalue weighted by atomic mass is 9.82. The van der Waals surface area contributed by atoms with E-state index < -0.39 is 0 Å². The summed E-state index contributed by atoms with van der Waals surface area (Å²) >= 11 is 0. The zero-order valence-electron chi connectivity index (χ0n) is 9.22. The molecule has 12 heavy (non-hydrogen) atoms. The first kappa shape index (κ1) is 12.0. The molecule has 0 saturated heterocycles. The van der Waals surface area contributed by atoms with Gasteiger partial charge in [-0.05, 0) is 17.8 Å². The van der Waals surface area contributed by atoms with Crippen molar-refractivity contribution in [2.75, 3.05) is 0 Å². The fourth-order valence-corrected chi connectivity index (χ4v) is 1.29. The number of hydrogen-bond acceptors (Lipinski definition) is 1.